The summed E-state index contributed by atoms with van der Waals surface area (Å²) in [5.74, 6) is -0.119. The summed E-state index contributed by atoms with van der Waals surface area (Å²) in [7, 11) is 0. The summed E-state index contributed by atoms with van der Waals surface area (Å²) in [4.78, 5) is 0. The summed E-state index contributed by atoms with van der Waals surface area (Å²) < 4.78 is 45.2. The number of alkyl halides is 3. The molecule has 0 aromatic heterocycles. The zero-order chi connectivity index (χ0) is 22.9. The summed E-state index contributed by atoms with van der Waals surface area (Å²) >= 11 is 0. The van der Waals surface area contributed by atoms with Crippen molar-refractivity contribution in [3.05, 3.63) is 29.3 Å². The maximum Gasteiger partial charge on any atom is 0.419 e. The zero-order valence-electron chi connectivity index (χ0n) is 19.1. The Morgan fingerprint density at radius 2 is 1.62 bits per heavy atom. The molecular weight excluding hydrogens is 379 g/mol. The number of benzene rings is 1. The molecule has 0 aliphatic rings. The predicted molar refractivity (Wildman–Crippen MR) is 116 cm³/mol. The molecule has 1 aromatic carbocycles. The van der Waals surface area contributed by atoms with E-state index in [9.17, 15) is 18.3 Å². The maximum atomic E-state index is 13.3. The van der Waals surface area contributed by atoms with Gasteiger partial charge in [0.15, 0.2) is 0 Å². The fourth-order valence-corrected chi connectivity index (χ4v) is 2.54. The van der Waals surface area contributed by atoms with Crippen LogP contribution in [0.4, 0.5) is 13.2 Å². The topological polar surface area (TPSA) is 55.5 Å². The van der Waals surface area contributed by atoms with Gasteiger partial charge in [-0.15, -0.1) is 0 Å². The first-order valence-electron chi connectivity index (χ1n) is 11.0. The summed E-state index contributed by atoms with van der Waals surface area (Å²) in [5, 5.41) is 9.38. The third-order valence-electron chi connectivity index (χ3n) is 4.24. The minimum absolute atomic E-state index is 0.119. The highest BCUT2D eigenvalue weighted by atomic mass is 19.4. The summed E-state index contributed by atoms with van der Waals surface area (Å²) in [6.45, 7) is 12.0. The molecule has 0 bridgehead atoms. The quantitative estimate of drug-likeness (QED) is 0.389. The van der Waals surface area contributed by atoms with Gasteiger partial charge < -0.3 is 15.6 Å². The molecule has 0 aliphatic carbocycles. The van der Waals surface area contributed by atoms with E-state index in [0.717, 1.165) is 38.2 Å². The van der Waals surface area contributed by atoms with E-state index in [0.29, 0.717) is 25.0 Å². The Morgan fingerprint density at radius 1 is 1.03 bits per heavy atom. The minimum Gasteiger partial charge on any atom is -0.493 e. The lowest BCUT2D eigenvalue weighted by atomic mass is 10.0. The van der Waals surface area contributed by atoms with E-state index >= 15 is 0 Å². The van der Waals surface area contributed by atoms with Crippen molar-refractivity contribution in [1.82, 2.24) is 0 Å². The molecule has 0 radical (unpaired) electrons. The van der Waals surface area contributed by atoms with Gasteiger partial charge in [-0.05, 0) is 43.9 Å². The number of unbranched alkanes of at least 4 members (excludes halogenated alkanes) is 4. The molecule has 2 atom stereocenters. The SMILES string of the molecule is CC.CC.CCCCCCCOc1ccc(CCC(N)C(C)O)cc1C(F)(F)F. The molecule has 1 rings (SSSR count). The van der Waals surface area contributed by atoms with Crippen molar-refractivity contribution in [2.24, 2.45) is 5.73 Å². The van der Waals surface area contributed by atoms with E-state index in [4.69, 9.17) is 10.5 Å². The molecule has 172 valence electrons. The summed E-state index contributed by atoms with van der Waals surface area (Å²) in [6.07, 6.45) is 0.716. The first-order chi connectivity index (χ1) is 13.8. The molecular formula is C23H42F3NO2. The van der Waals surface area contributed by atoms with Gasteiger partial charge in [0.25, 0.3) is 0 Å². The van der Waals surface area contributed by atoms with Crippen LogP contribution in [0, 0.1) is 0 Å². The largest absolute Gasteiger partial charge is 0.493 e. The van der Waals surface area contributed by atoms with Gasteiger partial charge in [0.2, 0.25) is 0 Å². The number of rotatable bonds is 11. The number of aliphatic hydroxyl groups is 1. The monoisotopic (exact) mass is 421 g/mol. The minimum atomic E-state index is -4.46. The Morgan fingerprint density at radius 3 is 2.14 bits per heavy atom. The highest BCUT2D eigenvalue weighted by molar-refractivity contribution is 5.39. The van der Waals surface area contributed by atoms with Crippen molar-refractivity contribution in [2.75, 3.05) is 6.61 Å². The fraction of sp³-hybridized carbons (Fsp3) is 0.739. The molecule has 0 fully saturated rings. The van der Waals surface area contributed by atoms with Crippen LogP contribution < -0.4 is 10.5 Å². The Labute approximate surface area is 175 Å². The van der Waals surface area contributed by atoms with Crippen LogP contribution in [0.15, 0.2) is 18.2 Å². The van der Waals surface area contributed by atoms with E-state index in [-0.39, 0.29) is 5.75 Å². The second kappa shape index (κ2) is 17.6. The normalized spacial score (nSPS) is 12.8. The molecule has 3 nitrogen and oxygen atoms in total. The van der Waals surface area contributed by atoms with Gasteiger partial charge in [-0.25, -0.2) is 0 Å². The number of aliphatic hydroxyl groups excluding tert-OH is 1. The lowest BCUT2D eigenvalue weighted by Gasteiger charge is -2.17. The predicted octanol–water partition coefficient (Wildman–Crippen LogP) is 6.75. The molecule has 1 aromatic rings. The van der Waals surface area contributed by atoms with Crippen molar-refractivity contribution in [3.63, 3.8) is 0 Å². The van der Waals surface area contributed by atoms with Crippen LogP contribution in [0.1, 0.15) is 91.2 Å². The van der Waals surface area contributed by atoms with Crippen molar-refractivity contribution in [1.29, 1.82) is 0 Å². The average Bonchev–Trinajstić information content (AvgIpc) is 2.71. The van der Waals surface area contributed by atoms with Crippen molar-refractivity contribution >= 4 is 0 Å². The van der Waals surface area contributed by atoms with Crippen LogP contribution in [-0.4, -0.2) is 23.9 Å². The summed E-state index contributed by atoms with van der Waals surface area (Å²) in [6, 6.07) is 3.70. The Bertz CT molecular complexity index is 505. The standard InChI is InChI=1S/C19H30F3NO2.2C2H6/c1-3-4-5-6-7-12-25-18-11-9-15(8-10-17(23)14(2)24)13-16(18)19(20,21)22;2*1-2/h9,11,13-14,17,24H,3-8,10,12,23H2,1-2H3;2*1-2H3. The number of ether oxygens (including phenoxy) is 1. The lowest BCUT2D eigenvalue weighted by Crippen LogP contribution is -2.32. The van der Waals surface area contributed by atoms with Crippen molar-refractivity contribution in [2.45, 2.75) is 105 Å². The highest BCUT2D eigenvalue weighted by Crippen LogP contribution is 2.37. The van der Waals surface area contributed by atoms with E-state index in [2.05, 4.69) is 6.92 Å². The molecule has 0 saturated carbocycles. The van der Waals surface area contributed by atoms with E-state index < -0.39 is 23.9 Å². The fourth-order valence-electron chi connectivity index (χ4n) is 2.54. The molecule has 0 spiro atoms. The average molecular weight is 422 g/mol. The third kappa shape index (κ3) is 13.6. The smallest absolute Gasteiger partial charge is 0.419 e. The van der Waals surface area contributed by atoms with Crippen LogP contribution in [0.2, 0.25) is 0 Å². The van der Waals surface area contributed by atoms with Gasteiger partial charge in [0.05, 0.1) is 18.3 Å². The van der Waals surface area contributed by atoms with Crippen LogP contribution >= 0.6 is 0 Å². The van der Waals surface area contributed by atoms with Crippen LogP contribution in [-0.2, 0) is 12.6 Å². The second-order valence-corrected chi connectivity index (χ2v) is 6.53. The molecule has 0 aliphatic heterocycles. The number of aryl methyl sites for hydroxylation is 1. The molecule has 29 heavy (non-hydrogen) atoms. The Kier molecular flexibility index (Phi) is 18.1. The van der Waals surface area contributed by atoms with Crippen LogP contribution in [0.25, 0.3) is 0 Å². The van der Waals surface area contributed by atoms with E-state index in [1.54, 1.807) is 13.0 Å². The third-order valence-corrected chi connectivity index (χ3v) is 4.24. The molecule has 0 amide bonds. The zero-order valence-corrected chi connectivity index (χ0v) is 19.1. The first kappa shape index (κ1) is 29.9. The van der Waals surface area contributed by atoms with Crippen LogP contribution in [0.5, 0.6) is 5.75 Å². The maximum absolute atomic E-state index is 13.3. The van der Waals surface area contributed by atoms with Crippen molar-refractivity contribution in [3.8, 4) is 5.75 Å². The molecule has 3 N–H and O–H groups in total. The molecule has 0 heterocycles. The second-order valence-electron chi connectivity index (χ2n) is 6.53. The molecule has 2 unspecified atom stereocenters. The Balaban J connectivity index is 0. The van der Waals surface area contributed by atoms with E-state index in [1.165, 1.54) is 6.07 Å². The molecule has 0 saturated heterocycles. The van der Waals surface area contributed by atoms with Gasteiger partial charge in [-0.2, -0.15) is 13.2 Å². The molecule has 6 heteroatoms. The van der Waals surface area contributed by atoms with Crippen LogP contribution in [0.3, 0.4) is 0 Å². The number of halogens is 3. The van der Waals surface area contributed by atoms with Gasteiger partial charge in [0.1, 0.15) is 5.75 Å². The summed E-state index contributed by atoms with van der Waals surface area (Å²) in [5.41, 5.74) is 5.53. The van der Waals surface area contributed by atoms with E-state index in [1.807, 2.05) is 27.7 Å². The number of nitrogens with two attached hydrogens (primary N) is 1. The number of hydrogen-bond donors (Lipinski definition) is 2. The lowest BCUT2D eigenvalue weighted by molar-refractivity contribution is -0.139. The van der Waals surface area contributed by atoms with Gasteiger partial charge in [0, 0.05) is 6.04 Å². The number of hydrogen-bond acceptors (Lipinski definition) is 3. The van der Waals surface area contributed by atoms with Gasteiger partial charge in [-0.3, -0.25) is 0 Å². The Hall–Kier alpha value is -1.27. The van der Waals surface area contributed by atoms with Gasteiger partial charge in [-0.1, -0.05) is 66.4 Å². The van der Waals surface area contributed by atoms with Gasteiger partial charge >= 0.3 is 6.18 Å². The highest BCUT2D eigenvalue weighted by Gasteiger charge is 2.34. The first-order valence-corrected chi connectivity index (χ1v) is 11.0. The van der Waals surface area contributed by atoms with Crippen molar-refractivity contribution < 1.29 is 23.0 Å².